The van der Waals surface area contributed by atoms with E-state index in [2.05, 4.69) is 15.9 Å². The van der Waals surface area contributed by atoms with Crippen molar-refractivity contribution in [3.05, 3.63) is 34.1 Å². The molecule has 1 aliphatic rings. The summed E-state index contributed by atoms with van der Waals surface area (Å²) in [7, 11) is 0. The predicted molar refractivity (Wildman–Crippen MR) is 65.0 cm³/mol. The zero-order chi connectivity index (χ0) is 11.5. The second-order valence-corrected chi connectivity index (χ2v) is 5.26. The molecule has 0 spiro atoms. The number of halogens is 2. The van der Waals surface area contributed by atoms with Crippen LogP contribution in [0.25, 0.3) is 0 Å². The van der Waals surface area contributed by atoms with Gasteiger partial charge in [0.15, 0.2) is 5.78 Å². The van der Waals surface area contributed by atoms with Gasteiger partial charge in [0.1, 0.15) is 5.82 Å². The molecule has 0 aliphatic heterocycles. The first-order chi connectivity index (χ1) is 7.66. The number of carbonyl (C=O) groups excluding carboxylic acids is 1. The molecule has 0 amide bonds. The lowest BCUT2D eigenvalue weighted by Crippen LogP contribution is -2.06. The molecule has 0 bridgehead atoms. The van der Waals surface area contributed by atoms with Crippen LogP contribution in [0, 0.1) is 11.7 Å². The molecule has 86 valence electrons. The molecule has 0 aromatic heterocycles. The highest BCUT2D eigenvalue weighted by Crippen LogP contribution is 2.29. The second-order valence-electron chi connectivity index (χ2n) is 4.41. The highest BCUT2D eigenvalue weighted by molar-refractivity contribution is 9.10. The minimum absolute atomic E-state index is 0.0679. The maximum atomic E-state index is 13.3. The van der Waals surface area contributed by atoms with Gasteiger partial charge in [-0.2, -0.15) is 0 Å². The van der Waals surface area contributed by atoms with Gasteiger partial charge in [0, 0.05) is 12.0 Å². The smallest absolute Gasteiger partial charge is 0.163 e. The van der Waals surface area contributed by atoms with Gasteiger partial charge < -0.3 is 0 Å². The average molecular weight is 285 g/mol. The van der Waals surface area contributed by atoms with Crippen LogP contribution in [0.3, 0.4) is 0 Å². The third-order valence-corrected chi connectivity index (χ3v) is 3.83. The first-order valence-electron chi connectivity index (χ1n) is 5.65. The summed E-state index contributed by atoms with van der Waals surface area (Å²) in [6, 6.07) is 4.60. The highest BCUT2D eigenvalue weighted by atomic mass is 79.9. The van der Waals surface area contributed by atoms with Gasteiger partial charge in [-0.3, -0.25) is 4.79 Å². The van der Waals surface area contributed by atoms with E-state index in [1.807, 2.05) is 0 Å². The summed E-state index contributed by atoms with van der Waals surface area (Å²) in [5.74, 6) is 0.217. The van der Waals surface area contributed by atoms with Crippen molar-refractivity contribution in [3.63, 3.8) is 0 Å². The summed E-state index contributed by atoms with van der Waals surface area (Å²) in [6.45, 7) is 0. The number of carbonyl (C=O) groups is 1. The van der Waals surface area contributed by atoms with E-state index in [0.29, 0.717) is 22.4 Å². The molecule has 0 saturated heterocycles. The molecule has 1 saturated carbocycles. The van der Waals surface area contributed by atoms with Gasteiger partial charge in [-0.05, 0) is 34.0 Å². The van der Waals surface area contributed by atoms with Crippen LogP contribution in [0.2, 0.25) is 0 Å². The summed E-state index contributed by atoms with van der Waals surface area (Å²) < 4.78 is 13.7. The minimum atomic E-state index is -0.364. The zero-order valence-corrected chi connectivity index (χ0v) is 10.6. The number of hydrogen-bond donors (Lipinski definition) is 0. The summed E-state index contributed by atoms with van der Waals surface area (Å²) >= 11 is 3.08. The fourth-order valence-electron chi connectivity index (χ4n) is 2.26. The van der Waals surface area contributed by atoms with Crippen LogP contribution < -0.4 is 0 Å². The average Bonchev–Trinajstić information content (AvgIpc) is 2.74. The van der Waals surface area contributed by atoms with Crippen LogP contribution in [0.1, 0.15) is 42.5 Å². The number of rotatable bonds is 3. The summed E-state index contributed by atoms with van der Waals surface area (Å²) in [5, 5.41) is 0. The first kappa shape index (κ1) is 11.8. The molecular weight excluding hydrogens is 271 g/mol. The van der Waals surface area contributed by atoms with Crippen LogP contribution >= 0.6 is 15.9 Å². The molecule has 1 aliphatic carbocycles. The van der Waals surface area contributed by atoms with Crippen molar-refractivity contribution >= 4 is 21.7 Å². The summed E-state index contributed by atoms with van der Waals surface area (Å²) in [5.41, 5.74) is 0.493. The van der Waals surface area contributed by atoms with E-state index in [4.69, 9.17) is 0 Å². The molecule has 16 heavy (non-hydrogen) atoms. The largest absolute Gasteiger partial charge is 0.294 e. The molecule has 0 unspecified atom stereocenters. The van der Waals surface area contributed by atoms with Crippen molar-refractivity contribution < 1.29 is 9.18 Å². The molecule has 2 rings (SSSR count). The van der Waals surface area contributed by atoms with Gasteiger partial charge >= 0.3 is 0 Å². The van der Waals surface area contributed by atoms with Crippen LogP contribution in [-0.4, -0.2) is 5.78 Å². The Morgan fingerprint density at radius 3 is 2.69 bits per heavy atom. The van der Waals surface area contributed by atoms with E-state index in [0.717, 1.165) is 12.8 Å². The Hall–Kier alpha value is -0.700. The zero-order valence-electron chi connectivity index (χ0n) is 9.01. The Bertz CT molecular complexity index is 397. The van der Waals surface area contributed by atoms with Gasteiger partial charge in [0.2, 0.25) is 0 Å². The molecule has 0 heterocycles. The SMILES string of the molecule is O=C(CC1CCCC1)c1ccc(Br)c(F)c1. The van der Waals surface area contributed by atoms with Gasteiger partial charge in [-0.15, -0.1) is 0 Å². The van der Waals surface area contributed by atoms with E-state index in [9.17, 15) is 9.18 Å². The van der Waals surface area contributed by atoms with E-state index < -0.39 is 0 Å². The lowest BCUT2D eigenvalue weighted by atomic mass is 9.97. The molecular formula is C13H14BrFO. The van der Waals surface area contributed by atoms with Crippen LogP contribution in [-0.2, 0) is 0 Å². The van der Waals surface area contributed by atoms with E-state index in [1.165, 1.54) is 18.9 Å². The van der Waals surface area contributed by atoms with Crippen molar-refractivity contribution in [2.24, 2.45) is 5.92 Å². The minimum Gasteiger partial charge on any atom is -0.294 e. The normalized spacial score (nSPS) is 16.6. The van der Waals surface area contributed by atoms with Crippen LogP contribution in [0.5, 0.6) is 0 Å². The molecule has 3 heteroatoms. The molecule has 1 aromatic rings. The number of hydrogen-bond acceptors (Lipinski definition) is 1. The third-order valence-electron chi connectivity index (χ3n) is 3.19. The third kappa shape index (κ3) is 2.70. The molecule has 1 fully saturated rings. The maximum Gasteiger partial charge on any atom is 0.163 e. The maximum absolute atomic E-state index is 13.3. The van der Waals surface area contributed by atoms with Crippen molar-refractivity contribution in [1.29, 1.82) is 0 Å². The predicted octanol–water partition coefficient (Wildman–Crippen LogP) is 4.35. The second kappa shape index (κ2) is 5.09. The van der Waals surface area contributed by atoms with Gasteiger partial charge in [0.05, 0.1) is 4.47 Å². The van der Waals surface area contributed by atoms with Crippen molar-refractivity contribution in [3.8, 4) is 0 Å². The van der Waals surface area contributed by atoms with Gasteiger partial charge in [-0.25, -0.2) is 4.39 Å². The Kier molecular flexibility index (Phi) is 3.74. The molecule has 1 aromatic carbocycles. The number of Topliss-reactive ketones (excluding diaryl/α,β-unsaturated/α-hetero) is 1. The lowest BCUT2D eigenvalue weighted by Gasteiger charge is -2.07. The Balaban J connectivity index is 2.05. The Morgan fingerprint density at radius 2 is 2.06 bits per heavy atom. The van der Waals surface area contributed by atoms with Gasteiger partial charge in [-0.1, -0.05) is 31.7 Å². The van der Waals surface area contributed by atoms with E-state index in [1.54, 1.807) is 12.1 Å². The van der Waals surface area contributed by atoms with Gasteiger partial charge in [0.25, 0.3) is 0 Å². The highest BCUT2D eigenvalue weighted by Gasteiger charge is 2.19. The van der Waals surface area contributed by atoms with Crippen LogP contribution in [0.15, 0.2) is 22.7 Å². The molecule has 0 radical (unpaired) electrons. The molecule has 0 N–H and O–H groups in total. The number of benzene rings is 1. The summed E-state index contributed by atoms with van der Waals surface area (Å²) in [6.07, 6.45) is 5.32. The van der Waals surface area contributed by atoms with E-state index >= 15 is 0 Å². The van der Waals surface area contributed by atoms with Crippen molar-refractivity contribution in [2.45, 2.75) is 32.1 Å². The topological polar surface area (TPSA) is 17.1 Å². The standard InChI is InChI=1S/C13H14BrFO/c14-11-6-5-10(8-12(11)15)13(16)7-9-3-1-2-4-9/h5-6,8-9H,1-4,7H2. The number of ketones is 1. The lowest BCUT2D eigenvalue weighted by molar-refractivity contribution is 0.0961. The van der Waals surface area contributed by atoms with E-state index in [-0.39, 0.29) is 11.6 Å². The summed E-state index contributed by atoms with van der Waals surface area (Å²) in [4.78, 5) is 11.9. The molecule has 1 nitrogen and oxygen atoms in total. The van der Waals surface area contributed by atoms with Crippen molar-refractivity contribution in [1.82, 2.24) is 0 Å². The van der Waals surface area contributed by atoms with Crippen molar-refractivity contribution in [2.75, 3.05) is 0 Å². The fourth-order valence-corrected chi connectivity index (χ4v) is 2.51. The Labute approximate surface area is 103 Å². The quantitative estimate of drug-likeness (QED) is 0.754. The molecule has 0 atom stereocenters. The fraction of sp³-hybridized carbons (Fsp3) is 0.462. The van der Waals surface area contributed by atoms with Crippen LogP contribution in [0.4, 0.5) is 4.39 Å². The first-order valence-corrected chi connectivity index (χ1v) is 6.44. The Morgan fingerprint density at radius 1 is 1.38 bits per heavy atom. The monoisotopic (exact) mass is 284 g/mol.